The number of rotatable bonds is 5. The molecule has 114 valence electrons. The topological polar surface area (TPSA) is 52.7 Å². The highest BCUT2D eigenvalue weighted by molar-refractivity contribution is 7.87. The molecule has 1 aliphatic rings. The van der Waals surface area contributed by atoms with Gasteiger partial charge in [-0.05, 0) is 43.8 Å². The van der Waals surface area contributed by atoms with Crippen molar-refractivity contribution < 1.29 is 8.42 Å². The number of likely N-dealkylation sites (tertiary alicyclic amines) is 1. The molecule has 2 atom stereocenters. The third-order valence-corrected chi connectivity index (χ3v) is 6.29. The molecule has 1 aromatic rings. The van der Waals surface area contributed by atoms with Crippen molar-refractivity contribution in [2.75, 3.05) is 34.2 Å². The van der Waals surface area contributed by atoms with Gasteiger partial charge in [0.2, 0.25) is 0 Å². The molecule has 7 heteroatoms. The average molecular weight is 317 g/mol. The zero-order chi connectivity index (χ0) is 14.8. The van der Waals surface area contributed by atoms with Crippen LogP contribution in [0.1, 0.15) is 23.8 Å². The zero-order valence-electron chi connectivity index (χ0n) is 12.2. The van der Waals surface area contributed by atoms with E-state index in [1.807, 2.05) is 0 Å². The van der Waals surface area contributed by atoms with Crippen LogP contribution < -0.4 is 4.72 Å². The van der Waals surface area contributed by atoms with Gasteiger partial charge in [-0.15, -0.1) is 11.3 Å². The molecule has 2 rings (SSSR count). The van der Waals surface area contributed by atoms with Crippen LogP contribution in [0.2, 0.25) is 0 Å². The van der Waals surface area contributed by atoms with Crippen LogP contribution in [0.4, 0.5) is 0 Å². The fourth-order valence-corrected chi connectivity index (χ4v) is 4.39. The molecule has 2 heterocycles. The summed E-state index contributed by atoms with van der Waals surface area (Å²) >= 11 is 1.75. The second-order valence-corrected chi connectivity index (χ2v) is 8.43. The monoisotopic (exact) mass is 317 g/mol. The van der Waals surface area contributed by atoms with E-state index in [1.54, 1.807) is 25.4 Å². The first-order valence-corrected chi connectivity index (χ1v) is 9.14. The quantitative estimate of drug-likeness (QED) is 0.896. The van der Waals surface area contributed by atoms with Crippen LogP contribution in [-0.4, -0.2) is 51.9 Å². The minimum Gasteiger partial charge on any atom is -0.298 e. The minimum absolute atomic E-state index is 0.314. The van der Waals surface area contributed by atoms with E-state index in [2.05, 4.69) is 34.2 Å². The minimum atomic E-state index is -3.34. The number of thiophene rings is 1. The SMILES string of the molecule is CN1CCC[C@H](CNS(=O)(=O)N(C)C)[C@H]1c1cccs1. The van der Waals surface area contributed by atoms with E-state index in [0.29, 0.717) is 18.5 Å². The van der Waals surface area contributed by atoms with Crippen molar-refractivity contribution in [1.82, 2.24) is 13.9 Å². The molecule has 1 N–H and O–H groups in total. The molecule has 1 aromatic heterocycles. The zero-order valence-corrected chi connectivity index (χ0v) is 13.9. The highest BCUT2D eigenvalue weighted by Crippen LogP contribution is 2.36. The number of piperidine rings is 1. The highest BCUT2D eigenvalue weighted by Gasteiger charge is 2.32. The van der Waals surface area contributed by atoms with Gasteiger partial charge in [-0.25, -0.2) is 4.72 Å². The second kappa shape index (κ2) is 6.53. The van der Waals surface area contributed by atoms with Crippen LogP contribution in [0, 0.1) is 5.92 Å². The molecule has 1 saturated heterocycles. The van der Waals surface area contributed by atoms with Gasteiger partial charge in [-0.2, -0.15) is 12.7 Å². The van der Waals surface area contributed by atoms with Crippen LogP contribution in [0.15, 0.2) is 17.5 Å². The Labute approximate surface area is 125 Å². The van der Waals surface area contributed by atoms with Gasteiger partial charge >= 0.3 is 0 Å². The molecular formula is C13H23N3O2S2. The van der Waals surface area contributed by atoms with E-state index in [4.69, 9.17) is 0 Å². The molecule has 1 fully saturated rings. The van der Waals surface area contributed by atoms with Crippen LogP contribution in [-0.2, 0) is 10.2 Å². The van der Waals surface area contributed by atoms with E-state index < -0.39 is 10.2 Å². The smallest absolute Gasteiger partial charge is 0.278 e. The van der Waals surface area contributed by atoms with Crippen LogP contribution >= 0.6 is 11.3 Å². The molecule has 0 unspecified atom stereocenters. The maximum absolute atomic E-state index is 11.9. The first kappa shape index (κ1) is 15.9. The van der Waals surface area contributed by atoms with E-state index in [0.717, 1.165) is 19.4 Å². The predicted octanol–water partition coefficient (Wildman–Crippen LogP) is 1.53. The van der Waals surface area contributed by atoms with Gasteiger partial charge < -0.3 is 0 Å². The Morgan fingerprint density at radius 2 is 2.25 bits per heavy atom. The van der Waals surface area contributed by atoms with Crippen LogP contribution in [0.5, 0.6) is 0 Å². The third kappa shape index (κ3) is 3.59. The summed E-state index contributed by atoms with van der Waals surface area (Å²) in [5, 5.41) is 2.08. The lowest BCUT2D eigenvalue weighted by atomic mass is 9.88. The van der Waals surface area contributed by atoms with Gasteiger partial charge in [0.05, 0.1) is 0 Å². The number of hydrogen-bond donors (Lipinski definition) is 1. The Bertz CT molecular complexity index is 514. The Hall–Kier alpha value is -0.470. The highest BCUT2D eigenvalue weighted by atomic mass is 32.2. The lowest BCUT2D eigenvalue weighted by Gasteiger charge is -2.39. The number of nitrogens with zero attached hydrogens (tertiary/aromatic N) is 2. The number of nitrogens with one attached hydrogen (secondary N) is 1. The molecule has 0 aromatic carbocycles. The summed E-state index contributed by atoms with van der Waals surface area (Å²) in [6.45, 7) is 1.56. The van der Waals surface area contributed by atoms with Gasteiger partial charge in [-0.3, -0.25) is 4.90 Å². The summed E-state index contributed by atoms with van der Waals surface area (Å²) in [5.74, 6) is 0.321. The molecule has 0 radical (unpaired) electrons. The number of hydrogen-bond acceptors (Lipinski definition) is 4. The van der Waals surface area contributed by atoms with Gasteiger partial charge in [-0.1, -0.05) is 6.07 Å². The fourth-order valence-electron chi connectivity index (χ4n) is 2.72. The predicted molar refractivity (Wildman–Crippen MR) is 83.0 cm³/mol. The first-order valence-electron chi connectivity index (χ1n) is 6.82. The lowest BCUT2D eigenvalue weighted by Crippen LogP contribution is -2.44. The Kier molecular flexibility index (Phi) is 5.19. The molecule has 0 spiro atoms. The molecule has 0 saturated carbocycles. The van der Waals surface area contributed by atoms with Gasteiger partial charge in [0, 0.05) is 31.6 Å². The van der Waals surface area contributed by atoms with Crippen molar-refractivity contribution >= 4 is 21.5 Å². The van der Waals surface area contributed by atoms with Gasteiger partial charge in [0.15, 0.2) is 0 Å². The summed E-state index contributed by atoms with van der Waals surface area (Å²) < 4.78 is 27.6. The van der Waals surface area contributed by atoms with Crippen molar-refractivity contribution in [1.29, 1.82) is 0 Å². The van der Waals surface area contributed by atoms with Crippen molar-refractivity contribution in [2.45, 2.75) is 18.9 Å². The Morgan fingerprint density at radius 3 is 2.85 bits per heavy atom. The third-order valence-electron chi connectivity index (χ3n) is 3.85. The standard InChI is InChI=1S/C13H23N3O2S2/c1-15(2)20(17,18)14-10-11-6-4-8-16(3)13(11)12-7-5-9-19-12/h5,7,9,11,13-14H,4,6,8,10H2,1-3H3/t11-,13+/m1/s1. The van der Waals surface area contributed by atoms with Crippen molar-refractivity contribution in [2.24, 2.45) is 5.92 Å². The van der Waals surface area contributed by atoms with E-state index in [1.165, 1.54) is 9.18 Å². The largest absolute Gasteiger partial charge is 0.298 e. The summed E-state index contributed by atoms with van der Waals surface area (Å²) in [4.78, 5) is 3.66. The summed E-state index contributed by atoms with van der Waals surface area (Å²) in [7, 11) is 1.88. The van der Waals surface area contributed by atoms with E-state index in [-0.39, 0.29) is 0 Å². The molecule has 0 bridgehead atoms. The van der Waals surface area contributed by atoms with Crippen LogP contribution in [0.3, 0.4) is 0 Å². The lowest BCUT2D eigenvalue weighted by molar-refractivity contribution is 0.125. The van der Waals surface area contributed by atoms with E-state index >= 15 is 0 Å². The Morgan fingerprint density at radius 1 is 1.50 bits per heavy atom. The van der Waals surface area contributed by atoms with Crippen molar-refractivity contribution in [3.05, 3.63) is 22.4 Å². The summed E-state index contributed by atoms with van der Waals surface area (Å²) in [6, 6.07) is 4.52. The molecule has 0 amide bonds. The molecule has 1 aliphatic heterocycles. The van der Waals surface area contributed by atoms with Gasteiger partial charge in [0.1, 0.15) is 0 Å². The molecule has 20 heavy (non-hydrogen) atoms. The average Bonchev–Trinajstić information content (AvgIpc) is 2.89. The van der Waals surface area contributed by atoms with Crippen molar-refractivity contribution in [3.8, 4) is 0 Å². The molecule has 5 nitrogen and oxygen atoms in total. The molecular weight excluding hydrogens is 294 g/mol. The maximum atomic E-state index is 11.9. The summed E-state index contributed by atoms with van der Waals surface area (Å²) in [6.07, 6.45) is 2.18. The normalized spacial score (nSPS) is 25.2. The second-order valence-electron chi connectivity index (χ2n) is 5.48. The van der Waals surface area contributed by atoms with Crippen molar-refractivity contribution in [3.63, 3.8) is 0 Å². The first-order chi connectivity index (χ1) is 9.42. The Balaban J connectivity index is 2.08. The van der Waals surface area contributed by atoms with Crippen LogP contribution in [0.25, 0.3) is 0 Å². The van der Waals surface area contributed by atoms with Gasteiger partial charge in [0.25, 0.3) is 10.2 Å². The van der Waals surface area contributed by atoms with E-state index in [9.17, 15) is 8.42 Å². The maximum Gasteiger partial charge on any atom is 0.278 e. The summed E-state index contributed by atoms with van der Waals surface area (Å²) in [5.41, 5.74) is 0. The fraction of sp³-hybridized carbons (Fsp3) is 0.692. The molecule has 0 aliphatic carbocycles.